The molecule has 0 saturated carbocycles. The van der Waals surface area contributed by atoms with Crippen LogP contribution in [0.2, 0.25) is 0 Å². The molecule has 1 amide bonds. The maximum atomic E-state index is 11.8. The fourth-order valence-corrected chi connectivity index (χ4v) is 1.79. The number of nitriles is 1. The summed E-state index contributed by atoms with van der Waals surface area (Å²) < 4.78 is 0. The molecule has 0 aliphatic heterocycles. The number of pyridine rings is 1. The summed E-state index contributed by atoms with van der Waals surface area (Å²) in [6.07, 6.45) is 0.326. The maximum Gasteiger partial charge on any atom is 0.226 e. The summed E-state index contributed by atoms with van der Waals surface area (Å²) in [4.78, 5) is 15.9. The van der Waals surface area contributed by atoms with Crippen molar-refractivity contribution in [2.45, 2.75) is 13.3 Å². The van der Waals surface area contributed by atoms with Gasteiger partial charge in [-0.2, -0.15) is 5.26 Å². The van der Waals surface area contributed by atoms with Crippen LogP contribution in [0.25, 0.3) is 0 Å². The number of carbonyl (C=O) groups excluding carboxylic acids is 1. The number of rotatable bonds is 5. The molecule has 0 radical (unpaired) electrons. The van der Waals surface area contributed by atoms with Gasteiger partial charge in [0.2, 0.25) is 5.91 Å². The third-order valence-corrected chi connectivity index (χ3v) is 2.92. The molecule has 0 aliphatic rings. The molecule has 2 aromatic rings. The molecule has 21 heavy (non-hydrogen) atoms. The van der Waals surface area contributed by atoms with Gasteiger partial charge in [0.05, 0.1) is 0 Å². The highest BCUT2D eigenvalue weighted by Gasteiger charge is 2.04. The number of hydrogen-bond donors (Lipinski definition) is 2. The summed E-state index contributed by atoms with van der Waals surface area (Å²) in [5.74, 6) is 0.533. The van der Waals surface area contributed by atoms with Crippen molar-refractivity contribution >= 4 is 17.4 Å². The minimum atomic E-state index is -0.0682. The first kappa shape index (κ1) is 14.5. The lowest BCUT2D eigenvalue weighted by atomic mass is 10.2. The number of nitrogens with one attached hydrogen (secondary N) is 2. The lowest BCUT2D eigenvalue weighted by Crippen LogP contribution is -2.16. The van der Waals surface area contributed by atoms with Crippen LogP contribution in [0.3, 0.4) is 0 Å². The van der Waals surface area contributed by atoms with Crippen molar-refractivity contribution in [2.24, 2.45) is 0 Å². The first-order valence-electron chi connectivity index (χ1n) is 6.65. The summed E-state index contributed by atoms with van der Waals surface area (Å²) in [6, 6.07) is 15.0. The van der Waals surface area contributed by atoms with Gasteiger partial charge in [0.1, 0.15) is 17.6 Å². The molecule has 2 rings (SSSR count). The highest BCUT2D eigenvalue weighted by atomic mass is 16.1. The van der Waals surface area contributed by atoms with Gasteiger partial charge in [0, 0.05) is 18.7 Å². The van der Waals surface area contributed by atoms with Gasteiger partial charge in [0.15, 0.2) is 0 Å². The van der Waals surface area contributed by atoms with Crippen LogP contribution in [0.15, 0.2) is 42.5 Å². The van der Waals surface area contributed by atoms with E-state index in [4.69, 9.17) is 5.26 Å². The van der Waals surface area contributed by atoms with Crippen LogP contribution >= 0.6 is 0 Å². The lowest BCUT2D eigenvalue weighted by molar-refractivity contribution is -0.115. The molecule has 0 spiro atoms. The predicted molar refractivity (Wildman–Crippen MR) is 81.9 cm³/mol. The Labute approximate surface area is 123 Å². The largest absolute Gasteiger partial charge is 0.370 e. The summed E-state index contributed by atoms with van der Waals surface area (Å²) in [7, 11) is 0. The minimum absolute atomic E-state index is 0.0682. The third kappa shape index (κ3) is 4.32. The molecule has 1 aromatic heterocycles. The molecule has 0 bridgehead atoms. The molecular formula is C16H16N4O. The van der Waals surface area contributed by atoms with Crippen molar-refractivity contribution in [3.05, 3.63) is 53.7 Å². The second kappa shape index (κ2) is 7.06. The average molecular weight is 280 g/mol. The van der Waals surface area contributed by atoms with Crippen molar-refractivity contribution in [3.8, 4) is 6.07 Å². The van der Waals surface area contributed by atoms with Crippen molar-refractivity contribution in [1.29, 1.82) is 5.26 Å². The van der Waals surface area contributed by atoms with Crippen LogP contribution in [0.4, 0.5) is 11.5 Å². The first-order chi connectivity index (χ1) is 10.2. The van der Waals surface area contributed by atoms with E-state index in [0.717, 1.165) is 11.3 Å². The van der Waals surface area contributed by atoms with Gasteiger partial charge in [0.25, 0.3) is 0 Å². The molecule has 1 heterocycles. The highest BCUT2D eigenvalue weighted by Crippen LogP contribution is 2.09. The second-order valence-corrected chi connectivity index (χ2v) is 4.56. The maximum absolute atomic E-state index is 11.8. The molecule has 1 aromatic carbocycles. The Bertz CT molecular complexity index is 662. The first-order valence-corrected chi connectivity index (χ1v) is 6.65. The molecule has 0 saturated heterocycles. The number of anilines is 2. The Morgan fingerprint density at radius 3 is 2.71 bits per heavy atom. The van der Waals surface area contributed by atoms with Gasteiger partial charge >= 0.3 is 0 Å². The number of nitrogens with zero attached hydrogens (tertiary/aromatic N) is 2. The van der Waals surface area contributed by atoms with Crippen LogP contribution in [0.1, 0.15) is 17.7 Å². The highest BCUT2D eigenvalue weighted by molar-refractivity contribution is 5.90. The SMILES string of the molecule is Cc1ccc(NCCC(=O)Nc2ccccc2)nc1C#N. The summed E-state index contributed by atoms with van der Waals surface area (Å²) >= 11 is 0. The van der Waals surface area contributed by atoms with E-state index < -0.39 is 0 Å². The number of aromatic nitrogens is 1. The smallest absolute Gasteiger partial charge is 0.226 e. The van der Waals surface area contributed by atoms with E-state index in [-0.39, 0.29) is 5.91 Å². The topological polar surface area (TPSA) is 77.8 Å². The Hall–Kier alpha value is -2.87. The van der Waals surface area contributed by atoms with Crippen molar-refractivity contribution in [2.75, 3.05) is 17.2 Å². The van der Waals surface area contributed by atoms with Crippen LogP contribution in [0, 0.1) is 18.3 Å². The molecule has 0 fully saturated rings. The predicted octanol–water partition coefficient (Wildman–Crippen LogP) is 2.70. The molecule has 0 aliphatic carbocycles. The zero-order valence-electron chi connectivity index (χ0n) is 11.8. The zero-order chi connectivity index (χ0) is 15.1. The quantitative estimate of drug-likeness (QED) is 0.882. The molecular weight excluding hydrogens is 264 g/mol. The van der Waals surface area contributed by atoms with E-state index in [1.54, 1.807) is 6.07 Å². The summed E-state index contributed by atoms with van der Waals surface area (Å²) in [5.41, 5.74) is 2.02. The second-order valence-electron chi connectivity index (χ2n) is 4.56. The van der Waals surface area contributed by atoms with E-state index in [0.29, 0.717) is 24.5 Å². The average Bonchev–Trinajstić information content (AvgIpc) is 2.50. The third-order valence-electron chi connectivity index (χ3n) is 2.92. The monoisotopic (exact) mass is 280 g/mol. The fourth-order valence-electron chi connectivity index (χ4n) is 1.79. The van der Waals surface area contributed by atoms with Gasteiger partial charge in [-0.25, -0.2) is 4.98 Å². The van der Waals surface area contributed by atoms with Gasteiger partial charge < -0.3 is 10.6 Å². The number of aryl methyl sites for hydroxylation is 1. The molecule has 0 atom stereocenters. The van der Waals surface area contributed by atoms with E-state index in [9.17, 15) is 4.79 Å². The van der Waals surface area contributed by atoms with E-state index in [1.165, 1.54) is 0 Å². The zero-order valence-corrected chi connectivity index (χ0v) is 11.8. The van der Waals surface area contributed by atoms with Crippen molar-refractivity contribution < 1.29 is 4.79 Å². The Kier molecular flexibility index (Phi) is 4.89. The standard InChI is InChI=1S/C16H16N4O/c1-12-7-8-15(20-14(12)11-17)18-10-9-16(21)19-13-5-3-2-4-6-13/h2-8H,9-10H2,1H3,(H,18,20)(H,19,21). The molecule has 106 valence electrons. The number of amides is 1. The van der Waals surface area contributed by atoms with Gasteiger partial charge in [-0.3, -0.25) is 4.79 Å². The van der Waals surface area contributed by atoms with Crippen LogP contribution < -0.4 is 10.6 Å². The number of benzene rings is 1. The normalized spacial score (nSPS) is 9.71. The number of para-hydroxylation sites is 1. The van der Waals surface area contributed by atoms with Gasteiger partial charge in [-0.1, -0.05) is 24.3 Å². The van der Waals surface area contributed by atoms with Crippen LogP contribution in [-0.2, 0) is 4.79 Å². The van der Waals surface area contributed by atoms with Crippen LogP contribution in [0.5, 0.6) is 0 Å². The Morgan fingerprint density at radius 2 is 2.00 bits per heavy atom. The Balaban J connectivity index is 1.82. The number of carbonyl (C=O) groups is 1. The van der Waals surface area contributed by atoms with Crippen molar-refractivity contribution in [1.82, 2.24) is 4.98 Å². The summed E-state index contributed by atoms with van der Waals surface area (Å²) in [5, 5.41) is 14.8. The van der Waals surface area contributed by atoms with E-state index >= 15 is 0 Å². The van der Waals surface area contributed by atoms with Crippen LogP contribution in [-0.4, -0.2) is 17.4 Å². The minimum Gasteiger partial charge on any atom is -0.370 e. The summed E-state index contributed by atoms with van der Waals surface area (Å²) in [6.45, 7) is 2.29. The van der Waals surface area contributed by atoms with E-state index in [1.807, 2.05) is 49.4 Å². The molecule has 5 heteroatoms. The van der Waals surface area contributed by atoms with Gasteiger partial charge in [-0.05, 0) is 30.7 Å². The van der Waals surface area contributed by atoms with Gasteiger partial charge in [-0.15, -0.1) is 0 Å². The van der Waals surface area contributed by atoms with E-state index in [2.05, 4.69) is 15.6 Å². The molecule has 0 unspecified atom stereocenters. The van der Waals surface area contributed by atoms with Crippen molar-refractivity contribution in [3.63, 3.8) is 0 Å². The lowest BCUT2D eigenvalue weighted by Gasteiger charge is -2.07. The fraction of sp³-hybridized carbons (Fsp3) is 0.188. The molecule has 5 nitrogen and oxygen atoms in total. The number of hydrogen-bond acceptors (Lipinski definition) is 4. The Morgan fingerprint density at radius 1 is 1.24 bits per heavy atom. The molecule has 2 N–H and O–H groups in total.